The number of anilines is 1. The zero-order valence-electron chi connectivity index (χ0n) is 11.1. The first kappa shape index (κ1) is 12.0. The van der Waals surface area contributed by atoms with Crippen LogP contribution in [-0.4, -0.2) is 19.6 Å². The second kappa shape index (κ2) is 3.76. The van der Waals surface area contributed by atoms with E-state index < -0.39 is 5.41 Å². The molecule has 0 saturated carbocycles. The molecule has 2 rings (SSSR count). The van der Waals surface area contributed by atoms with Crippen LogP contribution >= 0.6 is 0 Å². The molecular weight excluding hydrogens is 214 g/mol. The average molecular weight is 233 g/mol. The Labute approximate surface area is 102 Å². The number of fused-ring (bicyclic) bond motifs is 1. The van der Waals surface area contributed by atoms with Crippen LogP contribution in [0.15, 0.2) is 12.1 Å². The first-order valence-electron chi connectivity index (χ1n) is 5.85. The summed E-state index contributed by atoms with van der Waals surface area (Å²) in [5.74, 6) is 0.897. The van der Waals surface area contributed by atoms with Gasteiger partial charge in [0.15, 0.2) is 0 Å². The highest BCUT2D eigenvalue weighted by molar-refractivity contribution is 5.98. The van der Waals surface area contributed by atoms with E-state index in [0.717, 1.165) is 11.4 Å². The van der Waals surface area contributed by atoms with Gasteiger partial charge in [-0.05, 0) is 51.0 Å². The summed E-state index contributed by atoms with van der Waals surface area (Å²) >= 11 is 0. The third-order valence-electron chi connectivity index (χ3n) is 3.41. The number of hydrogen-bond acceptors (Lipinski definition) is 2. The first-order chi connectivity index (χ1) is 7.83. The van der Waals surface area contributed by atoms with Crippen LogP contribution in [-0.2, 0) is 4.79 Å². The monoisotopic (exact) mass is 233 g/mol. The Morgan fingerprint density at radius 3 is 2.47 bits per heavy atom. The van der Waals surface area contributed by atoms with E-state index in [-0.39, 0.29) is 5.91 Å². The maximum atomic E-state index is 12.3. The quantitative estimate of drug-likeness (QED) is 0.689. The fraction of sp³-hybridized carbons (Fsp3) is 0.500. The van der Waals surface area contributed by atoms with Crippen molar-refractivity contribution in [1.82, 2.24) is 0 Å². The van der Waals surface area contributed by atoms with Gasteiger partial charge in [0.2, 0.25) is 5.91 Å². The lowest BCUT2D eigenvalue weighted by Crippen LogP contribution is -2.39. The molecule has 1 heterocycles. The maximum Gasteiger partial charge on any atom is 0.235 e. The molecule has 92 valence electrons. The highest BCUT2D eigenvalue weighted by Crippen LogP contribution is 2.37. The molecule has 1 aromatic carbocycles. The van der Waals surface area contributed by atoms with Crippen LogP contribution < -0.4 is 9.64 Å². The van der Waals surface area contributed by atoms with E-state index in [1.54, 1.807) is 4.90 Å². The van der Waals surface area contributed by atoms with Crippen LogP contribution in [0.1, 0.15) is 25.0 Å². The van der Waals surface area contributed by atoms with E-state index in [9.17, 15) is 4.79 Å². The average Bonchev–Trinajstić information content (AvgIpc) is 2.34. The number of carbonyl (C=O) groups is 1. The smallest absolute Gasteiger partial charge is 0.235 e. The Bertz CT molecular complexity index is 477. The standard InChI is InChI=1S/C14H19NO2/c1-9-6-11-12(7-10(9)2)17-8-14(3,4)13(16)15(11)5/h6-7H,8H2,1-5H3. The molecule has 1 aromatic rings. The van der Waals surface area contributed by atoms with Gasteiger partial charge in [0.25, 0.3) is 0 Å². The minimum absolute atomic E-state index is 0.0968. The summed E-state index contributed by atoms with van der Waals surface area (Å²) in [6.07, 6.45) is 0. The summed E-state index contributed by atoms with van der Waals surface area (Å²) < 4.78 is 5.78. The fourth-order valence-electron chi connectivity index (χ4n) is 2.04. The lowest BCUT2D eigenvalue weighted by molar-refractivity contribution is -0.127. The molecule has 0 aromatic heterocycles. The van der Waals surface area contributed by atoms with E-state index in [2.05, 4.69) is 6.92 Å². The minimum Gasteiger partial charge on any atom is -0.490 e. The van der Waals surface area contributed by atoms with Crippen LogP contribution in [0.3, 0.4) is 0 Å². The summed E-state index contributed by atoms with van der Waals surface area (Å²) in [5.41, 5.74) is 2.75. The number of rotatable bonds is 0. The molecule has 0 saturated heterocycles. The molecule has 0 aliphatic carbocycles. The largest absolute Gasteiger partial charge is 0.490 e. The van der Waals surface area contributed by atoms with Gasteiger partial charge in [-0.25, -0.2) is 0 Å². The second-order valence-corrected chi connectivity index (χ2v) is 5.44. The summed E-state index contributed by atoms with van der Waals surface area (Å²) in [6, 6.07) is 4.03. The maximum absolute atomic E-state index is 12.3. The van der Waals surface area contributed by atoms with Gasteiger partial charge in [-0.2, -0.15) is 0 Å². The highest BCUT2D eigenvalue weighted by atomic mass is 16.5. The van der Waals surface area contributed by atoms with Crippen LogP contribution in [0, 0.1) is 19.3 Å². The number of aryl methyl sites for hydroxylation is 2. The van der Waals surface area contributed by atoms with E-state index in [0.29, 0.717) is 6.61 Å². The van der Waals surface area contributed by atoms with Gasteiger partial charge < -0.3 is 9.64 Å². The SMILES string of the molecule is Cc1cc2c(cc1C)N(C)C(=O)C(C)(C)CO2. The highest BCUT2D eigenvalue weighted by Gasteiger charge is 2.36. The Morgan fingerprint density at radius 1 is 1.24 bits per heavy atom. The molecule has 3 heteroatoms. The van der Waals surface area contributed by atoms with E-state index in [4.69, 9.17) is 4.74 Å². The molecule has 0 N–H and O–H groups in total. The summed E-state index contributed by atoms with van der Waals surface area (Å²) in [6.45, 7) is 8.35. The van der Waals surface area contributed by atoms with E-state index in [1.807, 2.05) is 40.0 Å². The van der Waals surface area contributed by atoms with Crippen LogP contribution in [0.2, 0.25) is 0 Å². The topological polar surface area (TPSA) is 29.5 Å². The first-order valence-corrected chi connectivity index (χ1v) is 5.85. The summed E-state index contributed by atoms with van der Waals surface area (Å²) in [7, 11) is 1.81. The zero-order valence-corrected chi connectivity index (χ0v) is 11.1. The van der Waals surface area contributed by atoms with Gasteiger partial charge in [0, 0.05) is 7.05 Å². The molecule has 0 atom stereocenters. The van der Waals surface area contributed by atoms with Crippen molar-refractivity contribution in [2.75, 3.05) is 18.6 Å². The van der Waals surface area contributed by atoms with Gasteiger partial charge in [-0.15, -0.1) is 0 Å². The van der Waals surface area contributed by atoms with Crippen molar-refractivity contribution in [1.29, 1.82) is 0 Å². The number of hydrogen-bond donors (Lipinski definition) is 0. The molecule has 0 fully saturated rings. The Morgan fingerprint density at radius 2 is 1.82 bits per heavy atom. The Kier molecular flexibility index (Phi) is 2.64. The van der Waals surface area contributed by atoms with Crippen molar-refractivity contribution in [2.24, 2.45) is 5.41 Å². The molecule has 0 spiro atoms. The van der Waals surface area contributed by atoms with E-state index in [1.165, 1.54) is 11.1 Å². The molecular formula is C14H19NO2. The zero-order chi connectivity index (χ0) is 12.8. The van der Waals surface area contributed by atoms with Crippen molar-refractivity contribution < 1.29 is 9.53 Å². The lowest BCUT2D eigenvalue weighted by Gasteiger charge is -2.24. The molecule has 1 aliphatic rings. The van der Waals surface area contributed by atoms with Gasteiger partial charge in [-0.3, -0.25) is 4.79 Å². The van der Waals surface area contributed by atoms with Crippen LogP contribution in [0.25, 0.3) is 0 Å². The van der Waals surface area contributed by atoms with Gasteiger partial charge >= 0.3 is 0 Å². The summed E-state index contributed by atoms with van der Waals surface area (Å²) in [5, 5.41) is 0. The number of benzene rings is 1. The van der Waals surface area contributed by atoms with Crippen molar-refractivity contribution in [3.05, 3.63) is 23.3 Å². The fourth-order valence-corrected chi connectivity index (χ4v) is 2.04. The Balaban J connectivity index is 2.55. The predicted octanol–water partition coefficient (Wildman–Crippen LogP) is 2.68. The normalized spacial score (nSPS) is 18.4. The van der Waals surface area contributed by atoms with Crippen molar-refractivity contribution in [3.8, 4) is 5.75 Å². The van der Waals surface area contributed by atoms with E-state index >= 15 is 0 Å². The minimum atomic E-state index is -0.477. The second-order valence-electron chi connectivity index (χ2n) is 5.44. The third-order valence-corrected chi connectivity index (χ3v) is 3.41. The molecule has 1 aliphatic heterocycles. The van der Waals surface area contributed by atoms with Gasteiger partial charge in [0.1, 0.15) is 12.4 Å². The van der Waals surface area contributed by atoms with Gasteiger partial charge in [0.05, 0.1) is 11.1 Å². The molecule has 0 unspecified atom stereocenters. The van der Waals surface area contributed by atoms with Crippen LogP contribution in [0.5, 0.6) is 5.75 Å². The molecule has 1 amide bonds. The van der Waals surface area contributed by atoms with Crippen molar-refractivity contribution in [3.63, 3.8) is 0 Å². The number of carbonyl (C=O) groups excluding carboxylic acids is 1. The number of ether oxygens (including phenoxy) is 1. The third kappa shape index (κ3) is 1.90. The van der Waals surface area contributed by atoms with Crippen LogP contribution in [0.4, 0.5) is 5.69 Å². The van der Waals surface area contributed by atoms with Gasteiger partial charge in [-0.1, -0.05) is 0 Å². The predicted molar refractivity (Wildman–Crippen MR) is 68.6 cm³/mol. The number of amides is 1. The molecule has 0 radical (unpaired) electrons. The molecule has 3 nitrogen and oxygen atoms in total. The number of nitrogens with zero attached hydrogens (tertiary/aromatic N) is 1. The lowest BCUT2D eigenvalue weighted by atomic mass is 9.93. The van der Waals surface area contributed by atoms with Crippen molar-refractivity contribution >= 4 is 11.6 Å². The molecule has 17 heavy (non-hydrogen) atoms. The Hall–Kier alpha value is -1.51. The van der Waals surface area contributed by atoms with Crippen molar-refractivity contribution in [2.45, 2.75) is 27.7 Å². The molecule has 0 bridgehead atoms. The summed E-state index contributed by atoms with van der Waals surface area (Å²) in [4.78, 5) is 14.0.